The molecule has 0 fully saturated rings. The van der Waals surface area contributed by atoms with Gasteiger partial charge in [-0.3, -0.25) is 0 Å². The van der Waals surface area contributed by atoms with E-state index in [9.17, 15) is 18.0 Å². The summed E-state index contributed by atoms with van der Waals surface area (Å²) < 4.78 is 43.5. The van der Waals surface area contributed by atoms with Crippen LogP contribution in [0.5, 0.6) is 0 Å². The summed E-state index contributed by atoms with van der Waals surface area (Å²) in [6.45, 7) is 5.30. The van der Waals surface area contributed by atoms with Gasteiger partial charge in [-0.15, -0.1) is 0 Å². The summed E-state index contributed by atoms with van der Waals surface area (Å²) in [5, 5.41) is 0. The number of hydrogen-bond donors (Lipinski definition) is 0. The number of rotatable bonds is 2. The molecule has 23 heavy (non-hydrogen) atoms. The Hall–Kier alpha value is -2.30. The van der Waals surface area contributed by atoms with Crippen LogP contribution in [0.2, 0.25) is 0 Å². The van der Waals surface area contributed by atoms with E-state index in [0.717, 1.165) is 12.1 Å². The third-order valence-corrected chi connectivity index (χ3v) is 3.04. The van der Waals surface area contributed by atoms with Crippen molar-refractivity contribution in [3.8, 4) is 11.1 Å². The summed E-state index contributed by atoms with van der Waals surface area (Å²) >= 11 is 0. The first-order chi connectivity index (χ1) is 10.6. The van der Waals surface area contributed by atoms with E-state index in [1.54, 1.807) is 51.1 Å². The second kappa shape index (κ2) is 6.07. The number of carbonyl (C=O) groups is 1. The Morgan fingerprint density at radius 3 is 2.04 bits per heavy atom. The molecular formula is C18H17F3O2. The third kappa shape index (κ3) is 4.58. The number of ether oxygens (including phenoxy) is 1. The topological polar surface area (TPSA) is 26.3 Å². The molecule has 122 valence electrons. The molecule has 0 spiro atoms. The maximum Gasteiger partial charge on any atom is 0.416 e. The van der Waals surface area contributed by atoms with E-state index in [2.05, 4.69) is 0 Å². The molecule has 2 rings (SSSR count). The number of esters is 1. The lowest BCUT2D eigenvalue weighted by atomic mass is 10.0. The highest BCUT2D eigenvalue weighted by atomic mass is 19.4. The Morgan fingerprint density at radius 2 is 1.52 bits per heavy atom. The Morgan fingerprint density at radius 1 is 0.913 bits per heavy atom. The van der Waals surface area contributed by atoms with Gasteiger partial charge in [0.15, 0.2) is 0 Å². The number of benzene rings is 2. The fourth-order valence-corrected chi connectivity index (χ4v) is 2.01. The second-order valence-electron chi connectivity index (χ2n) is 6.16. The summed E-state index contributed by atoms with van der Waals surface area (Å²) in [4.78, 5) is 11.9. The Bertz CT molecular complexity index is 695. The zero-order chi connectivity index (χ0) is 17.3. The van der Waals surface area contributed by atoms with Crippen molar-refractivity contribution in [1.82, 2.24) is 0 Å². The van der Waals surface area contributed by atoms with Crippen LogP contribution >= 0.6 is 0 Å². The van der Waals surface area contributed by atoms with E-state index < -0.39 is 23.3 Å². The standard InChI is InChI=1S/C18H17F3O2/c1-17(2,3)23-16(22)13-9-7-12(8-10-13)14-5-4-6-15(11-14)18(19,20)21/h4-11H,1-3H3. The molecule has 5 heteroatoms. The highest BCUT2D eigenvalue weighted by molar-refractivity contribution is 5.90. The Labute approximate surface area is 132 Å². The van der Waals surface area contributed by atoms with Gasteiger partial charge in [-0.25, -0.2) is 4.79 Å². The quantitative estimate of drug-likeness (QED) is 0.699. The summed E-state index contributed by atoms with van der Waals surface area (Å²) in [5.74, 6) is -0.465. The molecular weight excluding hydrogens is 305 g/mol. The molecule has 0 heterocycles. The van der Waals surface area contributed by atoms with E-state index in [4.69, 9.17) is 4.74 Å². The minimum absolute atomic E-state index is 0.357. The molecule has 0 radical (unpaired) electrons. The molecule has 0 aromatic heterocycles. The van der Waals surface area contributed by atoms with Gasteiger partial charge in [-0.2, -0.15) is 13.2 Å². The van der Waals surface area contributed by atoms with Crippen LogP contribution in [-0.2, 0) is 10.9 Å². The number of carbonyl (C=O) groups excluding carboxylic acids is 1. The molecule has 0 aliphatic rings. The minimum atomic E-state index is -4.38. The average Bonchev–Trinajstić information content (AvgIpc) is 2.45. The van der Waals surface area contributed by atoms with Crippen molar-refractivity contribution >= 4 is 5.97 Å². The molecule has 2 aromatic carbocycles. The number of halogens is 3. The highest BCUT2D eigenvalue weighted by Crippen LogP contribution is 2.32. The smallest absolute Gasteiger partial charge is 0.416 e. The van der Waals surface area contributed by atoms with Gasteiger partial charge in [0.2, 0.25) is 0 Å². The van der Waals surface area contributed by atoms with Gasteiger partial charge in [0.05, 0.1) is 11.1 Å². The van der Waals surface area contributed by atoms with E-state index in [1.165, 1.54) is 6.07 Å². The van der Waals surface area contributed by atoms with Gasteiger partial charge in [-0.1, -0.05) is 24.3 Å². The zero-order valence-corrected chi connectivity index (χ0v) is 13.1. The molecule has 0 aliphatic carbocycles. The van der Waals surface area contributed by atoms with Gasteiger partial charge in [0, 0.05) is 0 Å². The van der Waals surface area contributed by atoms with E-state index in [0.29, 0.717) is 16.7 Å². The summed E-state index contributed by atoms with van der Waals surface area (Å²) in [6, 6.07) is 11.4. The van der Waals surface area contributed by atoms with Crippen LogP contribution in [0.4, 0.5) is 13.2 Å². The lowest BCUT2D eigenvalue weighted by molar-refractivity contribution is -0.137. The fraction of sp³-hybridized carbons (Fsp3) is 0.278. The molecule has 0 N–H and O–H groups in total. The zero-order valence-electron chi connectivity index (χ0n) is 13.1. The van der Waals surface area contributed by atoms with E-state index >= 15 is 0 Å². The first-order valence-corrected chi connectivity index (χ1v) is 7.07. The van der Waals surface area contributed by atoms with Crippen LogP contribution in [0.15, 0.2) is 48.5 Å². The van der Waals surface area contributed by atoms with Crippen molar-refractivity contribution in [2.45, 2.75) is 32.5 Å². The molecule has 0 saturated heterocycles. The Balaban J connectivity index is 2.25. The van der Waals surface area contributed by atoms with Gasteiger partial charge in [0.25, 0.3) is 0 Å². The maximum absolute atomic E-state index is 12.7. The minimum Gasteiger partial charge on any atom is -0.456 e. The summed E-state index contributed by atoms with van der Waals surface area (Å²) in [6.07, 6.45) is -4.38. The molecule has 0 atom stereocenters. The van der Waals surface area contributed by atoms with Crippen molar-refractivity contribution in [3.05, 3.63) is 59.7 Å². The van der Waals surface area contributed by atoms with Crippen LogP contribution in [0, 0.1) is 0 Å². The van der Waals surface area contributed by atoms with Gasteiger partial charge in [-0.05, 0) is 56.2 Å². The van der Waals surface area contributed by atoms with E-state index in [-0.39, 0.29) is 0 Å². The summed E-state index contributed by atoms with van der Waals surface area (Å²) in [5.41, 5.74) is 0.0948. The lowest BCUT2D eigenvalue weighted by Crippen LogP contribution is -2.23. The van der Waals surface area contributed by atoms with E-state index in [1.807, 2.05) is 0 Å². The molecule has 0 saturated carbocycles. The van der Waals surface area contributed by atoms with Crippen LogP contribution in [0.1, 0.15) is 36.7 Å². The van der Waals surface area contributed by atoms with Crippen molar-refractivity contribution in [1.29, 1.82) is 0 Å². The van der Waals surface area contributed by atoms with Crippen molar-refractivity contribution in [2.75, 3.05) is 0 Å². The van der Waals surface area contributed by atoms with Gasteiger partial charge in [0.1, 0.15) is 5.60 Å². The predicted molar refractivity (Wildman–Crippen MR) is 82.0 cm³/mol. The van der Waals surface area contributed by atoms with Crippen LogP contribution in [-0.4, -0.2) is 11.6 Å². The first-order valence-electron chi connectivity index (χ1n) is 7.07. The highest BCUT2D eigenvalue weighted by Gasteiger charge is 2.30. The first kappa shape index (κ1) is 17.1. The lowest BCUT2D eigenvalue weighted by Gasteiger charge is -2.19. The van der Waals surface area contributed by atoms with Crippen LogP contribution in [0.3, 0.4) is 0 Å². The van der Waals surface area contributed by atoms with Crippen molar-refractivity contribution < 1.29 is 22.7 Å². The number of hydrogen-bond acceptors (Lipinski definition) is 2. The monoisotopic (exact) mass is 322 g/mol. The van der Waals surface area contributed by atoms with Gasteiger partial charge < -0.3 is 4.74 Å². The third-order valence-electron chi connectivity index (χ3n) is 3.04. The Kier molecular flexibility index (Phi) is 4.50. The number of alkyl halides is 3. The largest absolute Gasteiger partial charge is 0.456 e. The SMILES string of the molecule is CC(C)(C)OC(=O)c1ccc(-c2cccc(C(F)(F)F)c2)cc1. The molecule has 2 nitrogen and oxygen atoms in total. The van der Waals surface area contributed by atoms with Gasteiger partial charge >= 0.3 is 12.1 Å². The molecule has 0 unspecified atom stereocenters. The molecule has 0 amide bonds. The molecule has 0 aliphatic heterocycles. The predicted octanol–water partition coefficient (Wildman–Crippen LogP) is 5.33. The van der Waals surface area contributed by atoms with Crippen LogP contribution < -0.4 is 0 Å². The average molecular weight is 322 g/mol. The molecule has 2 aromatic rings. The fourth-order valence-electron chi connectivity index (χ4n) is 2.01. The van der Waals surface area contributed by atoms with Crippen molar-refractivity contribution in [2.24, 2.45) is 0 Å². The normalized spacial score (nSPS) is 12.1. The van der Waals surface area contributed by atoms with Crippen LogP contribution in [0.25, 0.3) is 11.1 Å². The van der Waals surface area contributed by atoms with Crippen molar-refractivity contribution in [3.63, 3.8) is 0 Å². The second-order valence-corrected chi connectivity index (χ2v) is 6.16. The molecule has 0 bridgehead atoms. The summed E-state index contributed by atoms with van der Waals surface area (Å²) in [7, 11) is 0. The maximum atomic E-state index is 12.7.